The molecule has 0 atom stereocenters. The number of hydrogen-bond donors (Lipinski definition) is 0. The fourth-order valence-electron chi connectivity index (χ4n) is 1.92. The molecule has 0 spiro atoms. The van der Waals surface area contributed by atoms with Crippen molar-refractivity contribution >= 4 is 14.9 Å². The van der Waals surface area contributed by atoms with Crippen LogP contribution in [0.2, 0.25) is 6.04 Å². The van der Waals surface area contributed by atoms with E-state index in [1.54, 1.807) is 6.08 Å². The summed E-state index contributed by atoms with van der Waals surface area (Å²) in [7, 11) is -2.69. The lowest BCUT2D eigenvalue weighted by Gasteiger charge is -2.34. The molecule has 0 aromatic heterocycles. The van der Waals surface area contributed by atoms with E-state index in [4.69, 9.17) is 13.3 Å². The summed E-state index contributed by atoms with van der Waals surface area (Å²) in [6, 6.07) is 0.746. The van der Waals surface area contributed by atoms with Gasteiger partial charge in [-0.05, 0) is 54.4 Å². The SMILES string of the molecule is CC(C)O[Si](CCCCN=C=O)(OC(C)C)OC(C)C. The minimum atomic E-state index is -2.69. The maximum Gasteiger partial charge on any atom is 0.501 e. The molecule has 0 saturated heterocycles. The standard InChI is InChI=1S/C14H29NO4Si/c1-12(2)17-20(18-13(3)4,19-14(5)6)10-8-7-9-15-11-16/h12-14H,7-10H2,1-6H3. The van der Waals surface area contributed by atoms with Gasteiger partial charge in [-0.2, -0.15) is 0 Å². The molecule has 0 fully saturated rings. The maximum absolute atomic E-state index is 10.0. The Morgan fingerprint density at radius 2 is 1.35 bits per heavy atom. The van der Waals surface area contributed by atoms with Gasteiger partial charge >= 0.3 is 8.80 Å². The van der Waals surface area contributed by atoms with Gasteiger partial charge in [-0.3, -0.25) is 0 Å². The highest BCUT2D eigenvalue weighted by atomic mass is 28.4. The lowest BCUT2D eigenvalue weighted by atomic mass is 10.3. The van der Waals surface area contributed by atoms with Crippen LogP contribution in [0.25, 0.3) is 0 Å². The Morgan fingerprint density at radius 3 is 1.70 bits per heavy atom. The number of carbonyl (C=O) groups excluding carboxylic acids is 1. The molecule has 0 unspecified atom stereocenters. The molecule has 20 heavy (non-hydrogen) atoms. The number of hydrogen-bond acceptors (Lipinski definition) is 5. The summed E-state index contributed by atoms with van der Waals surface area (Å²) in [6.07, 6.45) is 3.42. The normalized spacial score (nSPS) is 12.2. The van der Waals surface area contributed by atoms with Crippen LogP contribution in [0.3, 0.4) is 0 Å². The zero-order chi connectivity index (χ0) is 15.6. The Hall–Kier alpha value is -0.523. The van der Waals surface area contributed by atoms with Gasteiger partial charge in [-0.1, -0.05) is 0 Å². The largest absolute Gasteiger partial charge is 0.501 e. The summed E-state index contributed by atoms with van der Waals surface area (Å²) in [4.78, 5) is 13.6. The van der Waals surface area contributed by atoms with Crippen LogP contribution < -0.4 is 0 Å². The fourth-order valence-corrected chi connectivity index (χ4v) is 5.27. The lowest BCUT2D eigenvalue weighted by molar-refractivity contribution is 0.00284. The highest BCUT2D eigenvalue weighted by Crippen LogP contribution is 2.24. The Bertz CT molecular complexity index is 275. The van der Waals surface area contributed by atoms with E-state index in [0.29, 0.717) is 6.54 Å². The molecule has 0 amide bonds. The van der Waals surface area contributed by atoms with Crippen molar-refractivity contribution in [3.63, 3.8) is 0 Å². The summed E-state index contributed by atoms with van der Waals surface area (Å²) in [6.45, 7) is 12.5. The summed E-state index contributed by atoms with van der Waals surface area (Å²) in [5.74, 6) is 0. The zero-order valence-electron chi connectivity index (χ0n) is 13.6. The predicted octanol–water partition coefficient (Wildman–Crippen LogP) is 3.32. The van der Waals surface area contributed by atoms with Crippen LogP contribution in [0, 0.1) is 0 Å². The molecule has 0 aliphatic rings. The zero-order valence-corrected chi connectivity index (χ0v) is 14.6. The molecular formula is C14H29NO4Si. The second-order valence-electron chi connectivity index (χ2n) is 5.61. The minimum absolute atomic E-state index is 0.0622. The minimum Gasteiger partial charge on any atom is -0.371 e. The van der Waals surface area contributed by atoms with Crippen LogP contribution in [0.4, 0.5) is 0 Å². The lowest BCUT2D eigenvalue weighted by Crippen LogP contribution is -2.50. The molecule has 0 aliphatic heterocycles. The maximum atomic E-state index is 10.0. The third-order valence-electron chi connectivity index (χ3n) is 2.31. The number of rotatable bonds is 11. The van der Waals surface area contributed by atoms with Crippen molar-refractivity contribution < 1.29 is 18.1 Å². The van der Waals surface area contributed by atoms with E-state index in [1.165, 1.54) is 0 Å². The topological polar surface area (TPSA) is 57.1 Å². The van der Waals surface area contributed by atoms with Crippen molar-refractivity contribution in [2.75, 3.05) is 6.54 Å². The second kappa shape index (κ2) is 10.2. The first kappa shape index (κ1) is 19.5. The molecule has 0 rings (SSSR count). The van der Waals surface area contributed by atoms with Gasteiger partial charge in [0.25, 0.3) is 0 Å². The highest BCUT2D eigenvalue weighted by molar-refractivity contribution is 6.60. The fraction of sp³-hybridized carbons (Fsp3) is 0.929. The first-order valence-electron chi connectivity index (χ1n) is 7.38. The van der Waals surface area contributed by atoms with Crippen LogP contribution in [0.15, 0.2) is 4.99 Å². The Labute approximate surface area is 124 Å². The molecule has 5 nitrogen and oxygen atoms in total. The van der Waals surface area contributed by atoms with Gasteiger partial charge in [-0.15, -0.1) is 0 Å². The van der Waals surface area contributed by atoms with E-state index in [2.05, 4.69) is 4.99 Å². The van der Waals surface area contributed by atoms with Crippen molar-refractivity contribution in [2.45, 2.75) is 78.7 Å². The van der Waals surface area contributed by atoms with Crippen LogP contribution in [0.1, 0.15) is 54.4 Å². The van der Waals surface area contributed by atoms with Gasteiger partial charge < -0.3 is 13.3 Å². The molecule has 0 aromatic carbocycles. The first-order chi connectivity index (χ1) is 9.31. The first-order valence-corrected chi connectivity index (χ1v) is 9.31. The molecule has 0 radical (unpaired) electrons. The smallest absolute Gasteiger partial charge is 0.371 e. The number of unbranched alkanes of at least 4 members (excludes halogenated alkanes) is 1. The van der Waals surface area contributed by atoms with E-state index < -0.39 is 8.80 Å². The second-order valence-corrected chi connectivity index (χ2v) is 8.19. The molecule has 0 N–H and O–H groups in total. The number of isocyanates is 1. The van der Waals surface area contributed by atoms with E-state index in [1.807, 2.05) is 41.5 Å². The Balaban J connectivity index is 4.71. The van der Waals surface area contributed by atoms with Gasteiger partial charge in [0.15, 0.2) is 0 Å². The van der Waals surface area contributed by atoms with Gasteiger partial charge in [0.1, 0.15) is 0 Å². The molecule has 0 saturated carbocycles. The summed E-state index contributed by atoms with van der Waals surface area (Å²) >= 11 is 0. The van der Waals surface area contributed by atoms with Gasteiger partial charge in [-0.25, -0.2) is 9.79 Å². The van der Waals surface area contributed by atoms with Crippen LogP contribution in [-0.2, 0) is 18.1 Å². The Kier molecular flexibility index (Phi) is 9.97. The van der Waals surface area contributed by atoms with Crippen molar-refractivity contribution in [2.24, 2.45) is 4.99 Å². The van der Waals surface area contributed by atoms with Crippen molar-refractivity contribution in [3.8, 4) is 0 Å². The van der Waals surface area contributed by atoms with Gasteiger partial charge in [0.05, 0.1) is 6.54 Å². The van der Waals surface area contributed by atoms with Crippen LogP contribution >= 0.6 is 0 Å². The molecular weight excluding hydrogens is 274 g/mol. The van der Waals surface area contributed by atoms with Gasteiger partial charge in [0, 0.05) is 24.4 Å². The van der Waals surface area contributed by atoms with E-state index >= 15 is 0 Å². The third-order valence-corrected chi connectivity index (χ3v) is 5.77. The third kappa shape index (κ3) is 9.39. The average Bonchev–Trinajstić information content (AvgIpc) is 2.25. The number of aliphatic imine (C=N–C) groups is 1. The highest BCUT2D eigenvalue weighted by Gasteiger charge is 2.43. The monoisotopic (exact) mass is 303 g/mol. The predicted molar refractivity (Wildman–Crippen MR) is 81.4 cm³/mol. The molecule has 0 aliphatic carbocycles. The van der Waals surface area contributed by atoms with Crippen LogP contribution in [-0.4, -0.2) is 39.7 Å². The van der Waals surface area contributed by atoms with Gasteiger partial charge in [0.2, 0.25) is 6.08 Å². The average molecular weight is 303 g/mol. The van der Waals surface area contributed by atoms with E-state index in [9.17, 15) is 4.79 Å². The van der Waals surface area contributed by atoms with Crippen molar-refractivity contribution in [3.05, 3.63) is 0 Å². The summed E-state index contributed by atoms with van der Waals surface area (Å²) in [5, 5.41) is 0. The summed E-state index contributed by atoms with van der Waals surface area (Å²) < 4.78 is 18.2. The van der Waals surface area contributed by atoms with Crippen molar-refractivity contribution in [1.29, 1.82) is 0 Å². The van der Waals surface area contributed by atoms with E-state index in [0.717, 1.165) is 18.9 Å². The molecule has 0 aromatic rings. The molecule has 6 heteroatoms. The Morgan fingerprint density at radius 1 is 0.900 bits per heavy atom. The number of nitrogens with zero attached hydrogens (tertiary/aromatic N) is 1. The molecule has 0 heterocycles. The molecule has 118 valence electrons. The van der Waals surface area contributed by atoms with Crippen molar-refractivity contribution in [1.82, 2.24) is 0 Å². The summed E-state index contributed by atoms with van der Waals surface area (Å²) in [5.41, 5.74) is 0. The quantitative estimate of drug-likeness (QED) is 0.254. The molecule has 0 bridgehead atoms. The van der Waals surface area contributed by atoms with E-state index in [-0.39, 0.29) is 18.3 Å². The van der Waals surface area contributed by atoms with Crippen LogP contribution in [0.5, 0.6) is 0 Å².